The van der Waals surface area contributed by atoms with E-state index in [9.17, 15) is 0 Å². The summed E-state index contributed by atoms with van der Waals surface area (Å²) in [7, 11) is 0. The summed E-state index contributed by atoms with van der Waals surface area (Å²) in [5, 5.41) is 4.73. The summed E-state index contributed by atoms with van der Waals surface area (Å²) in [5.41, 5.74) is 7.06. The predicted molar refractivity (Wildman–Crippen MR) is 62.2 cm³/mol. The quantitative estimate of drug-likeness (QED) is 0.793. The van der Waals surface area contributed by atoms with E-state index >= 15 is 0 Å². The minimum atomic E-state index is 0.288. The van der Waals surface area contributed by atoms with Gasteiger partial charge in [0.15, 0.2) is 0 Å². The lowest BCUT2D eigenvalue weighted by molar-refractivity contribution is 0.537. The van der Waals surface area contributed by atoms with Gasteiger partial charge in [-0.05, 0) is 23.5 Å². The number of rotatable bonds is 1. The van der Waals surface area contributed by atoms with Crippen LogP contribution in [-0.4, -0.2) is 12.6 Å². The van der Waals surface area contributed by atoms with E-state index in [4.69, 9.17) is 28.9 Å². The zero-order valence-corrected chi connectivity index (χ0v) is 9.59. The highest BCUT2D eigenvalue weighted by Gasteiger charge is 2.56. The van der Waals surface area contributed by atoms with Gasteiger partial charge in [0.25, 0.3) is 0 Å². The molecule has 2 fully saturated rings. The van der Waals surface area contributed by atoms with E-state index in [1.54, 1.807) is 0 Å². The number of benzene rings is 1. The second-order valence-electron chi connectivity index (χ2n) is 4.35. The monoisotopic (exact) mass is 242 g/mol. The lowest BCUT2D eigenvalue weighted by atomic mass is 10.0. The molecule has 3 rings (SSSR count). The van der Waals surface area contributed by atoms with Crippen LogP contribution in [-0.2, 0) is 0 Å². The van der Waals surface area contributed by atoms with Crippen LogP contribution in [0.5, 0.6) is 0 Å². The van der Waals surface area contributed by atoms with Gasteiger partial charge in [-0.25, -0.2) is 0 Å². The van der Waals surface area contributed by atoms with Gasteiger partial charge in [0.2, 0.25) is 0 Å². The summed E-state index contributed by atoms with van der Waals surface area (Å²) in [6.45, 7) is 0.999. The lowest BCUT2D eigenvalue weighted by Crippen LogP contribution is -2.25. The standard InChI is InChI=1S/C11H12Cl2N2/c12-7-3-1-2-5(9(7)13)11-8-6(4-15-11)10(8)14/h1-3,6,8,10-11,15H,4,14H2. The minimum absolute atomic E-state index is 0.288. The van der Waals surface area contributed by atoms with Crippen molar-refractivity contribution in [3.05, 3.63) is 33.8 Å². The second kappa shape index (κ2) is 3.36. The van der Waals surface area contributed by atoms with Crippen LogP contribution in [0.25, 0.3) is 0 Å². The Morgan fingerprint density at radius 3 is 2.80 bits per heavy atom. The summed E-state index contributed by atoms with van der Waals surface area (Å²) in [5.74, 6) is 1.17. The van der Waals surface area contributed by atoms with E-state index in [1.807, 2.05) is 18.2 Å². The second-order valence-corrected chi connectivity index (χ2v) is 5.13. The molecule has 4 unspecified atom stereocenters. The van der Waals surface area contributed by atoms with Crippen LogP contribution >= 0.6 is 23.2 Å². The molecule has 0 aromatic heterocycles. The summed E-state index contributed by atoms with van der Waals surface area (Å²) in [4.78, 5) is 0. The Kier molecular flexibility index (Phi) is 2.22. The van der Waals surface area contributed by atoms with Crippen LogP contribution in [0.15, 0.2) is 18.2 Å². The van der Waals surface area contributed by atoms with Gasteiger partial charge in [-0.15, -0.1) is 0 Å². The van der Waals surface area contributed by atoms with Crippen LogP contribution in [0.1, 0.15) is 11.6 Å². The maximum atomic E-state index is 6.19. The molecular formula is C11H12Cl2N2. The molecule has 1 heterocycles. The van der Waals surface area contributed by atoms with Crippen molar-refractivity contribution in [3.8, 4) is 0 Å². The highest BCUT2D eigenvalue weighted by Crippen LogP contribution is 2.52. The third-order valence-corrected chi connectivity index (χ3v) is 4.40. The smallest absolute Gasteiger partial charge is 0.0640 e. The lowest BCUT2D eigenvalue weighted by Gasteiger charge is -2.17. The highest BCUT2D eigenvalue weighted by atomic mass is 35.5. The Hall–Kier alpha value is -0.280. The van der Waals surface area contributed by atoms with Gasteiger partial charge in [0.1, 0.15) is 0 Å². The van der Waals surface area contributed by atoms with E-state index in [-0.39, 0.29) is 6.04 Å². The van der Waals surface area contributed by atoms with E-state index < -0.39 is 0 Å². The van der Waals surface area contributed by atoms with E-state index in [1.165, 1.54) is 0 Å². The molecule has 0 spiro atoms. The first-order chi connectivity index (χ1) is 7.20. The Labute approximate surface area is 98.7 Å². The molecular weight excluding hydrogens is 231 g/mol. The maximum absolute atomic E-state index is 6.19. The summed E-state index contributed by atoms with van der Waals surface area (Å²) < 4.78 is 0. The highest BCUT2D eigenvalue weighted by molar-refractivity contribution is 6.42. The number of hydrogen-bond acceptors (Lipinski definition) is 2. The average Bonchev–Trinajstić information content (AvgIpc) is 2.70. The van der Waals surface area contributed by atoms with Crippen molar-refractivity contribution in [2.24, 2.45) is 17.6 Å². The van der Waals surface area contributed by atoms with Crippen molar-refractivity contribution in [1.82, 2.24) is 5.32 Å². The molecule has 1 saturated carbocycles. The normalized spacial score (nSPS) is 37.8. The van der Waals surface area contributed by atoms with Crippen molar-refractivity contribution in [2.75, 3.05) is 6.54 Å². The molecule has 1 saturated heterocycles. The van der Waals surface area contributed by atoms with E-state index in [2.05, 4.69) is 5.32 Å². The molecule has 0 amide bonds. The number of piperidine rings is 1. The van der Waals surface area contributed by atoms with Gasteiger partial charge in [0, 0.05) is 18.6 Å². The van der Waals surface area contributed by atoms with Gasteiger partial charge in [-0.1, -0.05) is 35.3 Å². The van der Waals surface area contributed by atoms with Crippen LogP contribution in [0, 0.1) is 11.8 Å². The first-order valence-corrected chi connectivity index (χ1v) is 5.88. The van der Waals surface area contributed by atoms with Crippen molar-refractivity contribution in [3.63, 3.8) is 0 Å². The maximum Gasteiger partial charge on any atom is 0.0640 e. The predicted octanol–water partition coefficient (Wildman–Crippen LogP) is 2.21. The van der Waals surface area contributed by atoms with Gasteiger partial charge in [-0.2, -0.15) is 0 Å². The third-order valence-electron chi connectivity index (χ3n) is 3.57. The Morgan fingerprint density at radius 2 is 2.13 bits per heavy atom. The van der Waals surface area contributed by atoms with Gasteiger partial charge in [-0.3, -0.25) is 0 Å². The molecule has 2 aliphatic rings. The summed E-state index contributed by atoms with van der Waals surface area (Å²) in [6.07, 6.45) is 0. The van der Waals surface area contributed by atoms with Gasteiger partial charge in [0.05, 0.1) is 10.0 Å². The Bertz CT molecular complexity index is 408. The largest absolute Gasteiger partial charge is 0.327 e. The fourth-order valence-electron chi connectivity index (χ4n) is 2.65. The Balaban J connectivity index is 1.96. The van der Waals surface area contributed by atoms with Crippen molar-refractivity contribution < 1.29 is 0 Å². The molecule has 4 heteroatoms. The molecule has 80 valence electrons. The van der Waals surface area contributed by atoms with Gasteiger partial charge >= 0.3 is 0 Å². The molecule has 1 aliphatic heterocycles. The zero-order chi connectivity index (χ0) is 10.6. The topological polar surface area (TPSA) is 38.0 Å². The molecule has 2 nitrogen and oxygen atoms in total. The molecule has 1 aromatic carbocycles. The van der Waals surface area contributed by atoms with Crippen molar-refractivity contribution in [2.45, 2.75) is 12.1 Å². The van der Waals surface area contributed by atoms with Crippen LogP contribution in [0.3, 0.4) is 0 Å². The van der Waals surface area contributed by atoms with Crippen LogP contribution in [0.2, 0.25) is 10.0 Å². The summed E-state index contributed by atoms with van der Waals surface area (Å²) in [6, 6.07) is 6.40. The fourth-order valence-corrected chi connectivity index (χ4v) is 3.07. The minimum Gasteiger partial charge on any atom is -0.327 e. The Morgan fingerprint density at radius 1 is 1.33 bits per heavy atom. The van der Waals surface area contributed by atoms with Gasteiger partial charge < -0.3 is 11.1 Å². The first-order valence-electron chi connectivity index (χ1n) is 5.13. The molecule has 4 atom stereocenters. The number of nitrogens with one attached hydrogen (secondary N) is 1. The van der Waals surface area contributed by atoms with E-state index in [0.717, 1.165) is 12.1 Å². The van der Waals surface area contributed by atoms with Crippen LogP contribution in [0.4, 0.5) is 0 Å². The number of fused-ring (bicyclic) bond motifs is 1. The molecule has 1 aliphatic carbocycles. The molecule has 0 bridgehead atoms. The first kappa shape index (κ1) is 9.91. The number of halogens is 2. The van der Waals surface area contributed by atoms with Crippen LogP contribution < -0.4 is 11.1 Å². The average molecular weight is 243 g/mol. The molecule has 15 heavy (non-hydrogen) atoms. The number of nitrogens with two attached hydrogens (primary N) is 1. The van der Waals surface area contributed by atoms with Crippen molar-refractivity contribution in [1.29, 1.82) is 0 Å². The number of hydrogen-bond donors (Lipinski definition) is 2. The van der Waals surface area contributed by atoms with E-state index in [0.29, 0.717) is 27.9 Å². The van der Waals surface area contributed by atoms with Crippen molar-refractivity contribution >= 4 is 23.2 Å². The fraction of sp³-hybridized carbons (Fsp3) is 0.455. The molecule has 0 radical (unpaired) electrons. The summed E-state index contributed by atoms with van der Waals surface area (Å²) >= 11 is 12.2. The molecule has 3 N–H and O–H groups in total. The third kappa shape index (κ3) is 1.40. The SMILES string of the molecule is NC1C2CNC(c3cccc(Cl)c3Cl)C12. The molecule has 1 aromatic rings. The zero-order valence-electron chi connectivity index (χ0n) is 8.08.